The van der Waals surface area contributed by atoms with Crippen LogP contribution in [0.25, 0.3) is 0 Å². The van der Waals surface area contributed by atoms with Crippen LogP contribution in [0.5, 0.6) is 5.75 Å². The number of aryl methyl sites for hydroxylation is 2. The zero-order chi connectivity index (χ0) is 19.8. The maximum absolute atomic E-state index is 12.1. The number of nitrogens with one attached hydrogen (secondary N) is 1. The van der Waals surface area contributed by atoms with Gasteiger partial charge in [-0.15, -0.1) is 0 Å². The van der Waals surface area contributed by atoms with Gasteiger partial charge in [-0.25, -0.2) is 4.79 Å². The van der Waals surface area contributed by atoms with E-state index in [9.17, 15) is 9.59 Å². The highest BCUT2D eigenvalue weighted by Gasteiger charge is 2.19. The first-order chi connectivity index (χ1) is 12.9. The summed E-state index contributed by atoms with van der Waals surface area (Å²) in [6.45, 7) is 4.29. The number of ether oxygens (including phenoxy) is 2. The van der Waals surface area contributed by atoms with Crippen LogP contribution < -0.4 is 10.1 Å². The summed E-state index contributed by atoms with van der Waals surface area (Å²) in [7, 11) is 1.48. The van der Waals surface area contributed by atoms with E-state index in [4.69, 9.17) is 19.1 Å². The molecule has 0 saturated carbocycles. The molecule has 1 atom stereocenters. The molecule has 0 fully saturated rings. The monoisotopic (exact) mass is 376 g/mol. The lowest BCUT2D eigenvalue weighted by molar-refractivity contribution is -0.142. The summed E-state index contributed by atoms with van der Waals surface area (Å²) in [5, 5.41) is 15.5. The van der Waals surface area contributed by atoms with E-state index < -0.39 is 12.0 Å². The third kappa shape index (κ3) is 6.10. The fraction of sp³-hybridized carbons (Fsp3) is 0.421. The molecule has 0 saturated heterocycles. The quantitative estimate of drug-likeness (QED) is 0.652. The molecule has 0 aliphatic heterocycles. The molecule has 1 unspecified atom stereocenters. The first-order valence-corrected chi connectivity index (χ1v) is 8.55. The standard InChI is InChI=1S/C19H24N2O6/c1-12-16(13(2)27-21-12)11-26-15-6-4-14(5-7-15)10-18(22)20-17(19(23)24)8-9-25-3/h4-7,17H,8-11H2,1-3H3,(H,20,22)(H,23,24). The topological polar surface area (TPSA) is 111 Å². The Labute approximate surface area is 157 Å². The van der Waals surface area contributed by atoms with Crippen molar-refractivity contribution in [1.82, 2.24) is 10.5 Å². The van der Waals surface area contributed by atoms with Gasteiger partial charge in [-0.3, -0.25) is 4.79 Å². The second-order valence-electron chi connectivity index (χ2n) is 6.15. The van der Waals surface area contributed by atoms with E-state index in [-0.39, 0.29) is 25.4 Å². The third-order valence-electron chi connectivity index (χ3n) is 4.10. The van der Waals surface area contributed by atoms with Crippen molar-refractivity contribution in [2.24, 2.45) is 0 Å². The maximum atomic E-state index is 12.1. The first kappa shape index (κ1) is 20.4. The van der Waals surface area contributed by atoms with E-state index in [1.54, 1.807) is 24.3 Å². The van der Waals surface area contributed by atoms with Crippen molar-refractivity contribution in [3.8, 4) is 5.75 Å². The van der Waals surface area contributed by atoms with Crippen LogP contribution in [0.2, 0.25) is 0 Å². The van der Waals surface area contributed by atoms with Crippen LogP contribution in [0.15, 0.2) is 28.8 Å². The largest absolute Gasteiger partial charge is 0.489 e. The van der Waals surface area contributed by atoms with Crippen molar-refractivity contribution in [2.75, 3.05) is 13.7 Å². The SMILES string of the molecule is COCCC(NC(=O)Cc1ccc(OCc2c(C)noc2C)cc1)C(=O)O. The van der Waals surface area contributed by atoms with Crippen molar-refractivity contribution in [3.63, 3.8) is 0 Å². The zero-order valence-corrected chi connectivity index (χ0v) is 15.7. The summed E-state index contributed by atoms with van der Waals surface area (Å²) in [6.07, 6.45) is 0.299. The molecular formula is C19H24N2O6. The lowest BCUT2D eigenvalue weighted by Gasteiger charge is -2.14. The van der Waals surface area contributed by atoms with Crippen LogP contribution in [0.4, 0.5) is 0 Å². The molecule has 0 aliphatic rings. The number of carboxylic acid groups (broad SMARTS) is 1. The van der Waals surface area contributed by atoms with E-state index in [1.165, 1.54) is 7.11 Å². The molecule has 1 aromatic heterocycles. The molecular weight excluding hydrogens is 352 g/mol. The average Bonchev–Trinajstić information content (AvgIpc) is 2.96. The van der Waals surface area contributed by atoms with Gasteiger partial charge in [-0.1, -0.05) is 17.3 Å². The molecule has 0 radical (unpaired) electrons. The van der Waals surface area contributed by atoms with Crippen LogP contribution >= 0.6 is 0 Å². The van der Waals surface area contributed by atoms with Gasteiger partial charge >= 0.3 is 5.97 Å². The molecule has 8 heteroatoms. The van der Waals surface area contributed by atoms with Gasteiger partial charge in [0, 0.05) is 20.1 Å². The number of aliphatic carboxylic acids is 1. The lowest BCUT2D eigenvalue weighted by Crippen LogP contribution is -2.42. The summed E-state index contributed by atoms with van der Waals surface area (Å²) in [6, 6.07) is 6.11. The number of carbonyl (C=O) groups excluding carboxylic acids is 1. The van der Waals surface area contributed by atoms with Crippen LogP contribution in [0.1, 0.15) is 29.0 Å². The molecule has 1 heterocycles. The smallest absolute Gasteiger partial charge is 0.326 e. The predicted octanol–water partition coefficient (Wildman–Crippen LogP) is 2.02. The van der Waals surface area contributed by atoms with Gasteiger partial charge < -0.3 is 24.4 Å². The number of carbonyl (C=O) groups is 2. The zero-order valence-electron chi connectivity index (χ0n) is 15.7. The summed E-state index contributed by atoms with van der Waals surface area (Å²) >= 11 is 0. The number of aromatic nitrogens is 1. The first-order valence-electron chi connectivity index (χ1n) is 8.55. The van der Waals surface area contributed by atoms with E-state index >= 15 is 0 Å². The Balaban J connectivity index is 1.87. The van der Waals surface area contributed by atoms with Crippen LogP contribution in [-0.2, 0) is 27.4 Å². The van der Waals surface area contributed by atoms with Gasteiger partial charge in [0.2, 0.25) is 5.91 Å². The number of rotatable bonds is 10. The van der Waals surface area contributed by atoms with Crippen LogP contribution in [0, 0.1) is 13.8 Å². The van der Waals surface area contributed by atoms with Gasteiger partial charge in [-0.2, -0.15) is 0 Å². The Morgan fingerprint density at radius 2 is 1.96 bits per heavy atom. The molecule has 2 rings (SSSR count). The van der Waals surface area contributed by atoms with Crippen LogP contribution in [-0.4, -0.2) is 41.9 Å². The number of nitrogens with zero attached hydrogens (tertiary/aromatic N) is 1. The molecule has 1 amide bonds. The predicted molar refractivity (Wildman–Crippen MR) is 96.5 cm³/mol. The minimum absolute atomic E-state index is 0.0842. The van der Waals surface area contributed by atoms with Gasteiger partial charge in [0.25, 0.3) is 0 Å². The average molecular weight is 376 g/mol. The fourth-order valence-electron chi connectivity index (χ4n) is 2.49. The number of amides is 1. The van der Waals surface area contributed by atoms with E-state index in [1.807, 2.05) is 13.8 Å². The number of benzene rings is 1. The van der Waals surface area contributed by atoms with Gasteiger partial charge in [0.05, 0.1) is 17.7 Å². The van der Waals surface area contributed by atoms with Crippen molar-refractivity contribution in [2.45, 2.75) is 39.3 Å². The van der Waals surface area contributed by atoms with E-state index in [0.717, 1.165) is 22.6 Å². The second kappa shape index (κ2) is 9.72. The van der Waals surface area contributed by atoms with E-state index in [2.05, 4.69) is 10.5 Å². The number of hydrogen-bond acceptors (Lipinski definition) is 6. The molecule has 0 aliphatic carbocycles. The van der Waals surface area contributed by atoms with Crippen molar-refractivity contribution >= 4 is 11.9 Å². The number of carboxylic acids is 1. The minimum Gasteiger partial charge on any atom is -0.489 e. The Kier molecular flexibility index (Phi) is 7.36. The Bertz CT molecular complexity index is 750. The molecule has 8 nitrogen and oxygen atoms in total. The van der Waals surface area contributed by atoms with Gasteiger partial charge in [0.1, 0.15) is 24.2 Å². The lowest BCUT2D eigenvalue weighted by atomic mass is 10.1. The minimum atomic E-state index is -1.08. The van der Waals surface area contributed by atoms with Gasteiger partial charge in [0.15, 0.2) is 0 Å². The van der Waals surface area contributed by atoms with Crippen molar-refractivity contribution in [1.29, 1.82) is 0 Å². The molecule has 2 N–H and O–H groups in total. The van der Waals surface area contributed by atoms with Crippen molar-refractivity contribution in [3.05, 3.63) is 46.8 Å². The Hall–Kier alpha value is -2.87. The number of hydrogen-bond donors (Lipinski definition) is 2. The second-order valence-corrected chi connectivity index (χ2v) is 6.15. The van der Waals surface area contributed by atoms with E-state index in [0.29, 0.717) is 12.4 Å². The van der Waals surface area contributed by atoms with Crippen LogP contribution in [0.3, 0.4) is 0 Å². The maximum Gasteiger partial charge on any atom is 0.326 e. The van der Waals surface area contributed by atoms with Gasteiger partial charge in [-0.05, 0) is 31.5 Å². The summed E-state index contributed by atoms with van der Waals surface area (Å²) in [4.78, 5) is 23.2. The molecule has 0 spiro atoms. The molecule has 1 aromatic carbocycles. The molecule has 27 heavy (non-hydrogen) atoms. The van der Waals surface area contributed by atoms with Crippen molar-refractivity contribution < 1.29 is 28.7 Å². The highest BCUT2D eigenvalue weighted by Crippen LogP contribution is 2.18. The molecule has 2 aromatic rings. The summed E-state index contributed by atoms with van der Waals surface area (Å²) in [5.74, 6) is -0.0590. The highest BCUT2D eigenvalue weighted by molar-refractivity contribution is 5.84. The third-order valence-corrected chi connectivity index (χ3v) is 4.10. The highest BCUT2D eigenvalue weighted by atomic mass is 16.5. The normalized spacial score (nSPS) is 11.8. The Morgan fingerprint density at radius 3 is 2.52 bits per heavy atom. The molecule has 146 valence electrons. The molecule has 0 bridgehead atoms. The fourth-order valence-corrected chi connectivity index (χ4v) is 2.49. The summed E-state index contributed by atoms with van der Waals surface area (Å²) in [5.41, 5.74) is 2.46. The Morgan fingerprint density at radius 1 is 1.26 bits per heavy atom. The number of methoxy groups -OCH3 is 1. The summed E-state index contributed by atoms with van der Waals surface area (Å²) < 4.78 is 15.7.